The summed E-state index contributed by atoms with van der Waals surface area (Å²) >= 11 is 0. The normalized spacial score (nSPS) is 43.6. The highest BCUT2D eigenvalue weighted by atomic mass is 16.5. The van der Waals surface area contributed by atoms with E-state index in [1.54, 1.807) is 6.92 Å². The Hall–Kier alpha value is -1.06. The Labute approximate surface area is 214 Å². The molecule has 0 bridgehead atoms. The maximum atomic E-state index is 12.2. The van der Waals surface area contributed by atoms with E-state index in [1.165, 1.54) is 51.9 Å². The minimum atomic E-state index is -0.192. The van der Waals surface area contributed by atoms with Crippen LogP contribution in [-0.4, -0.2) is 24.1 Å². The summed E-state index contributed by atoms with van der Waals surface area (Å²) in [7, 11) is 0. The molecule has 0 aromatic heterocycles. The van der Waals surface area contributed by atoms with Gasteiger partial charge in [-0.25, -0.2) is 0 Å². The standard InChI is InChI=1S/C31H52O4/c1-19(2)9-8-10-20(3)26-13-14-28-25-17-29(35-22(5)33)31(7)18-23(34-21(4)32)11-12-27(31)24(25)15-16-30(26,28)6/h19-20,23-29H,8-18H2,1-7H3/t20-,23-,24-,25-,26+,27-,28-,29-,30-,31+/m1/s1. The largest absolute Gasteiger partial charge is 0.463 e. The highest BCUT2D eigenvalue weighted by Gasteiger charge is 2.63. The first-order chi connectivity index (χ1) is 16.5. The zero-order valence-electron chi connectivity index (χ0n) is 23.6. The zero-order valence-corrected chi connectivity index (χ0v) is 23.6. The van der Waals surface area contributed by atoms with Crippen molar-refractivity contribution in [1.29, 1.82) is 0 Å². The first kappa shape index (κ1) is 27.0. The molecule has 0 saturated heterocycles. The second-order valence-electron chi connectivity index (χ2n) is 13.9. The van der Waals surface area contributed by atoms with E-state index in [0.717, 1.165) is 55.3 Å². The van der Waals surface area contributed by atoms with Crippen LogP contribution in [0.25, 0.3) is 0 Å². The van der Waals surface area contributed by atoms with E-state index in [9.17, 15) is 9.59 Å². The molecule has 4 rings (SSSR count). The quantitative estimate of drug-likeness (QED) is 0.347. The predicted molar refractivity (Wildman–Crippen MR) is 140 cm³/mol. The first-order valence-electron chi connectivity index (χ1n) is 14.8. The van der Waals surface area contributed by atoms with E-state index in [2.05, 4.69) is 34.6 Å². The van der Waals surface area contributed by atoms with Crippen molar-refractivity contribution in [3.63, 3.8) is 0 Å². The second kappa shape index (κ2) is 10.4. The third kappa shape index (κ3) is 5.19. The van der Waals surface area contributed by atoms with Gasteiger partial charge in [-0.3, -0.25) is 9.59 Å². The van der Waals surface area contributed by atoms with Crippen molar-refractivity contribution in [2.45, 2.75) is 131 Å². The van der Waals surface area contributed by atoms with Crippen molar-refractivity contribution in [2.75, 3.05) is 0 Å². The molecule has 0 aliphatic heterocycles. The van der Waals surface area contributed by atoms with Gasteiger partial charge in [0, 0.05) is 19.3 Å². The monoisotopic (exact) mass is 488 g/mol. The number of hydrogen-bond acceptors (Lipinski definition) is 4. The molecule has 0 unspecified atom stereocenters. The first-order valence-corrected chi connectivity index (χ1v) is 14.8. The SMILES string of the molecule is CC(=O)O[C@@H]1CC[C@@H]2[C@@H]3CC[C@@]4(C)[C@H](CC[C@H]4[C@H](C)CCCC(C)C)[C@@H]3C[C@@H](OC(C)=O)[C@@]2(C)C1. The van der Waals surface area contributed by atoms with E-state index < -0.39 is 0 Å². The summed E-state index contributed by atoms with van der Waals surface area (Å²) < 4.78 is 11.8. The number of rotatable bonds is 7. The topological polar surface area (TPSA) is 52.6 Å². The van der Waals surface area contributed by atoms with Crippen LogP contribution in [-0.2, 0) is 19.1 Å². The average molecular weight is 489 g/mol. The van der Waals surface area contributed by atoms with Crippen LogP contribution >= 0.6 is 0 Å². The summed E-state index contributed by atoms with van der Waals surface area (Å²) in [5, 5.41) is 0. The highest BCUT2D eigenvalue weighted by Crippen LogP contribution is 2.68. The third-order valence-corrected chi connectivity index (χ3v) is 11.4. The van der Waals surface area contributed by atoms with Gasteiger partial charge in [-0.2, -0.15) is 0 Å². The van der Waals surface area contributed by atoms with Crippen LogP contribution in [0, 0.1) is 52.3 Å². The summed E-state index contributed by atoms with van der Waals surface area (Å²) in [5.41, 5.74) is 0.336. The fourth-order valence-electron chi connectivity index (χ4n) is 9.93. The zero-order chi connectivity index (χ0) is 25.5. The van der Waals surface area contributed by atoms with E-state index in [1.807, 2.05) is 0 Å². The van der Waals surface area contributed by atoms with E-state index in [4.69, 9.17) is 9.47 Å². The lowest BCUT2D eigenvalue weighted by Gasteiger charge is -2.62. The molecule has 4 saturated carbocycles. The molecule has 0 aromatic carbocycles. The van der Waals surface area contributed by atoms with Crippen LogP contribution in [0.5, 0.6) is 0 Å². The van der Waals surface area contributed by atoms with Crippen LogP contribution in [0.1, 0.15) is 119 Å². The van der Waals surface area contributed by atoms with Gasteiger partial charge < -0.3 is 9.47 Å². The molecule has 10 atom stereocenters. The Kier molecular flexibility index (Phi) is 7.99. The van der Waals surface area contributed by atoms with Crippen molar-refractivity contribution in [3.05, 3.63) is 0 Å². The molecule has 35 heavy (non-hydrogen) atoms. The summed E-state index contributed by atoms with van der Waals surface area (Å²) in [4.78, 5) is 23.9. The van der Waals surface area contributed by atoms with Crippen molar-refractivity contribution in [1.82, 2.24) is 0 Å². The van der Waals surface area contributed by atoms with Gasteiger partial charge in [0.15, 0.2) is 0 Å². The molecule has 4 fully saturated rings. The molecule has 4 aliphatic rings. The van der Waals surface area contributed by atoms with E-state index >= 15 is 0 Å². The molecule has 0 heterocycles. The molecule has 4 aliphatic carbocycles. The smallest absolute Gasteiger partial charge is 0.302 e. The predicted octanol–water partition coefficient (Wildman–Crippen LogP) is 7.58. The van der Waals surface area contributed by atoms with Crippen molar-refractivity contribution < 1.29 is 19.1 Å². The molecular weight excluding hydrogens is 436 g/mol. The minimum Gasteiger partial charge on any atom is -0.463 e. The Morgan fingerprint density at radius 1 is 0.829 bits per heavy atom. The van der Waals surface area contributed by atoms with E-state index in [0.29, 0.717) is 17.3 Å². The van der Waals surface area contributed by atoms with Crippen molar-refractivity contribution in [2.24, 2.45) is 52.3 Å². The number of fused-ring (bicyclic) bond motifs is 5. The fourth-order valence-corrected chi connectivity index (χ4v) is 9.93. The number of esters is 2. The molecule has 0 aromatic rings. The molecule has 0 spiro atoms. The Morgan fingerprint density at radius 3 is 2.14 bits per heavy atom. The molecule has 4 nitrogen and oxygen atoms in total. The number of carbonyl (C=O) groups is 2. The lowest BCUT2D eigenvalue weighted by Crippen LogP contribution is -2.59. The Morgan fingerprint density at radius 2 is 1.49 bits per heavy atom. The lowest BCUT2D eigenvalue weighted by molar-refractivity contribution is -0.200. The van der Waals surface area contributed by atoms with Crippen LogP contribution in [0.4, 0.5) is 0 Å². The molecule has 0 amide bonds. The van der Waals surface area contributed by atoms with Crippen LogP contribution in [0.15, 0.2) is 0 Å². The van der Waals surface area contributed by atoms with Gasteiger partial charge in [0.1, 0.15) is 12.2 Å². The Balaban J connectivity index is 1.54. The molecule has 0 N–H and O–H groups in total. The molecule has 4 heteroatoms. The number of carbonyl (C=O) groups excluding carboxylic acids is 2. The summed E-state index contributed by atoms with van der Waals surface area (Å²) in [6, 6.07) is 0. The van der Waals surface area contributed by atoms with Crippen LogP contribution in [0.2, 0.25) is 0 Å². The van der Waals surface area contributed by atoms with Gasteiger partial charge in [0.25, 0.3) is 0 Å². The van der Waals surface area contributed by atoms with Gasteiger partial charge >= 0.3 is 11.9 Å². The number of hydrogen-bond donors (Lipinski definition) is 0. The fraction of sp³-hybridized carbons (Fsp3) is 0.935. The van der Waals surface area contributed by atoms with Crippen LogP contribution in [0.3, 0.4) is 0 Å². The van der Waals surface area contributed by atoms with Gasteiger partial charge in [0.2, 0.25) is 0 Å². The molecular formula is C31H52O4. The second-order valence-corrected chi connectivity index (χ2v) is 13.9. The summed E-state index contributed by atoms with van der Waals surface area (Å²) in [6.07, 6.45) is 13.2. The van der Waals surface area contributed by atoms with Crippen molar-refractivity contribution >= 4 is 11.9 Å². The summed E-state index contributed by atoms with van der Waals surface area (Å²) in [5.74, 6) is 4.78. The van der Waals surface area contributed by atoms with Crippen LogP contribution < -0.4 is 0 Å². The average Bonchev–Trinajstić information content (AvgIpc) is 3.10. The lowest BCUT2D eigenvalue weighted by atomic mass is 9.45. The number of ether oxygens (including phenoxy) is 2. The van der Waals surface area contributed by atoms with E-state index in [-0.39, 0.29) is 29.6 Å². The third-order valence-electron chi connectivity index (χ3n) is 11.4. The summed E-state index contributed by atoms with van der Waals surface area (Å²) in [6.45, 7) is 15.2. The van der Waals surface area contributed by atoms with Gasteiger partial charge in [-0.15, -0.1) is 0 Å². The molecule has 0 radical (unpaired) electrons. The minimum absolute atomic E-state index is 0.0419. The Bertz CT molecular complexity index is 776. The molecule has 200 valence electrons. The maximum absolute atomic E-state index is 12.2. The van der Waals surface area contributed by atoms with Crippen molar-refractivity contribution in [3.8, 4) is 0 Å². The maximum Gasteiger partial charge on any atom is 0.302 e. The highest BCUT2D eigenvalue weighted by molar-refractivity contribution is 5.66. The van der Waals surface area contributed by atoms with Gasteiger partial charge in [-0.05, 0) is 98.2 Å². The van der Waals surface area contributed by atoms with Gasteiger partial charge in [-0.1, -0.05) is 53.9 Å². The van der Waals surface area contributed by atoms with Gasteiger partial charge in [0.05, 0.1) is 0 Å².